The first-order valence-corrected chi connectivity index (χ1v) is 8.16. The zero-order valence-electron chi connectivity index (χ0n) is 11.5. The summed E-state index contributed by atoms with van der Waals surface area (Å²) in [6.45, 7) is 4.52. The number of nitrogens with zero attached hydrogens (tertiary/aromatic N) is 2. The van der Waals surface area contributed by atoms with Gasteiger partial charge in [-0.25, -0.2) is 9.49 Å². The second-order valence-electron chi connectivity index (χ2n) is 4.84. The molecule has 0 radical (unpaired) electrons. The molecule has 0 aromatic carbocycles. The zero-order chi connectivity index (χ0) is 12.3. The van der Waals surface area contributed by atoms with Crippen LogP contribution < -0.4 is 0 Å². The van der Waals surface area contributed by atoms with Gasteiger partial charge in [0.05, 0.1) is 19.9 Å². The van der Waals surface area contributed by atoms with Crippen LogP contribution >= 0.6 is 8.51 Å². The molecule has 0 aliphatic rings. The Balaban J connectivity index is 2.22. The van der Waals surface area contributed by atoms with E-state index in [9.17, 15) is 0 Å². The van der Waals surface area contributed by atoms with Crippen LogP contribution in [0.25, 0.3) is 0 Å². The van der Waals surface area contributed by atoms with Crippen LogP contribution in [0.3, 0.4) is 0 Å². The lowest BCUT2D eigenvalue weighted by Gasteiger charge is -2.02. The molecule has 0 atom stereocenters. The molecule has 0 unspecified atom stereocenters. The molecule has 0 bridgehead atoms. The van der Waals surface area contributed by atoms with E-state index in [0.717, 1.165) is 0 Å². The minimum atomic E-state index is 0.470. The summed E-state index contributed by atoms with van der Waals surface area (Å²) in [7, 11) is 0.470. The number of hydrogen-bond acceptors (Lipinski definition) is 2. The molecule has 1 aromatic heterocycles. The first kappa shape index (κ1) is 14.7. The maximum atomic E-state index is 4.55. The van der Waals surface area contributed by atoms with Gasteiger partial charge in [0.15, 0.2) is 0 Å². The van der Waals surface area contributed by atoms with Gasteiger partial charge in [-0.2, -0.15) is 0 Å². The molecule has 17 heavy (non-hydrogen) atoms. The first-order valence-electron chi connectivity index (χ1n) is 7.27. The lowest BCUT2D eigenvalue weighted by molar-refractivity contribution is 0.643. The zero-order valence-corrected chi connectivity index (χ0v) is 12.5. The predicted octanol–water partition coefficient (Wildman–Crippen LogP) is 4.75. The van der Waals surface area contributed by atoms with E-state index < -0.39 is 0 Å². The molecule has 1 rings (SSSR count). The van der Waals surface area contributed by atoms with Crippen molar-refractivity contribution >= 4 is 8.51 Å². The quantitative estimate of drug-likeness (QED) is 0.563. The van der Waals surface area contributed by atoms with Crippen LogP contribution in [0.2, 0.25) is 0 Å². The fourth-order valence-corrected chi connectivity index (χ4v) is 2.89. The maximum absolute atomic E-state index is 4.55. The van der Waals surface area contributed by atoms with Gasteiger partial charge in [0.1, 0.15) is 0 Å². The standard InChI is InChI=1S/C14H27N2P/c1-3-5-7-9-11-13-14(16-17-15-13)12-10-8-6-4-2/h17H,3-12H2,1-2H3. The van der Waals surface area contributed by atoms with Gasteiger partial charge < -0.3 is 0 Å². The van der Waals surface area contributed by atoms with Crippen LogP contribution in [0.15, 0.2) is 0 Å². The van der Waals surface area contributed by atoms with E-state index >= 15 is 0 Å². The summed E-state index contributed by atoms with van der Waals surface area (Å²) in [6.07, 6.45) is 13.0. The van der Waals surface area contributed by atoms with Crippen molar-refractivity contribution in [2.75, 3.05) is 0 Å². The van der Waals surface area contributed by atoms with Crippen molar-refractivity contribution in [3.8, 4) is 0 Å². The molecule has 2 nitrogen and oxygen atoms in total. The Bertz CT molecular complexity index is 257. The molecule has 0 saturated heterocycles. The number of aromatic nitrogens is 2. The van der Waals surface area contributed by atoms with E-state index in [4.69, 9.17) is 0 Å². The van der Waals surface area contributed by atoms with E-state index in [1.807, 2.05) is 0 Å². The number of aryl methyl sites for hydroxylation is 2. The molecule has 0 aliphatic heterocycles. The topological polar surface area (TPSA) is 25.8 Å². The van der Waals surface area contributed by atoms with Gasteiger partial charge in [-0.15, -0.1) is 0 Å². The van der Waals surface area contributed by atoms with Gasteiger partial charge in [-0.1, -0.05) is 52.4 Å². The Morgan fingerprint density at radius 3 is 1.59 bits per heavy atom. The summed E-state index contributed by atoms with van der Waals surface area (Å²) in [5.41, 5.74) is 2.66. The number of rotatable bonds is 10. The summed E-state index contributed by atoms with van der Waals surface area (Å²) in [6, 6.07) is 0. The number of unbranched alkanes of at least 4 members (excludes halogenated alkanes) is 6. The van der Waals surface area contributed by atoms with Crippen LogP contribution in [-0.4, -0.2) is 9.49 Å². The van der Waals surface area contributed by atoms with Gasteiger partial charge >= 0.3 is 0 Å². The van der Waals surface area contributed by atoms with Crippen molar-refractivity contribution in [1.82, 2.24) is 9.49 Å². The monoisotopic (exact) mass is 254 g/mol. The minimum Gasteiger partial charge on any atom is -0.224 e. The van der Waals surface area contributed by atoms with Crippen molar-refractivity contribution in [1.29, 1.82) is 0 Å². The second kappa shape index (κ2) is 9.65. The Morgan fingerprint density at radius 1 is 0.706 bits per heavy atom. The Kier molecular flexibility index (Phi) is 8.34. The third-order valence-electron chi connectivity index (χ3n) is 3.24. The van der Waals surface area contributed by atoms with Crippen molar-refractivity contribution in [3.63, 3.8) is 0 Å². The summed E-state index contributed by atoms with van der Waals surface area (Å²) in [5.74, 6) is 0. The van der Waals surface area contributed by atoms with Gasteiger partial charge in [0.2, 0.25) is 0 Å². The highest BCUT2D eigenvalue weighted by molar-refractivity contribution is 7.20. The van der Waals surface area contributed by atoms with Crippen LogP contribution in [0.1, 0.15) is 76.6 Å². The smallest absolute Gasteiger partial charge is 0.0678 e. The summed E-state index contributed by atoms with van der Waals surface area (Å²) >= 11 is 0. The van der Waals surface area contributed by atoms with E-state index in [1.165, 1.54) is 75.6 Å². The highest BCUT2D eigenvalue weighted by atomic mass is 31.1. The van der Waals surface area contributed by atoms with Crippen LogP contribution in [0.5, 0.6) is 0 Å². The molecule has 1 aromatic rings. The van der Waals surface area contributed by atoms with Crippen molar-refractivity contribution in [2.24, 2.45) is 0 Å². The van der Waals surface area contributed by atoms with Gasteiger partial charge in [0, 0.05) is 0 Å². The Morgan fingerprint density at radius 2 is 1.18 bits per heavy atom. The van der Waals surface area contributed by atoms with Gasteiger partial charge in [0.25, 0.3) is 0 Å². The highest BCUT2D eigenvalue weighted by Crippen LogP contribution is 2.16. The highest BCUT2D eigenvalue weighted by Gasteiger charge is 2.06. The molecule has 0 saturated carbocycles. The molecular formula is C14H27N2P. The van der Waals surface area contributed by atoms with Crippen LogP contribution in [-0.2, 0) is 12.8 Å². The lowest BCUT2D eigenvalue weighted by Crippen LogP contribution is -1.94. The Labute approximate surface area is 108 Å². The van der Waals surface area contributed by atoms with Crippen molar-refractivity contribution in [3.05, 3.63) is 11.4 Å². The first-order chi connectivity index (χ1) is 8.38. The molecule has 98 valence electrons. The Hall–Kier alpha value is -0.360. The summed E-state index contributed by atoms with van der Waals surface area (Å²) < 4.78 is 9.11. The average molecular weight is 254 g/mol. The summed E-state index contributed by atoms with van der Waals surface area (Å²) in [5, 5.41) is 0. The molecule has 3 heteroatoms. The van der Waals surface area contributed by atoms with E-state index in [1.54, 1.807) is 0 Å². The molecular weight excluding hydrogens is 227 g/mol. The molecule has 0 aliphatic carbocycles. The molecule has 0 fully saturated rings. The van der Waals surface area contributed by atoms with Crippen molar-refractivity contribution < 1.29 is 0 Å². The SMILES string of the molecule is CCCCCCc1n[pH]nc1CCCCCC. The van der Waals surface area contributed by atoms with E-state index in [2.05, 4.69) is 23.3 Å². The maximum Gasteiger partial charge on any atom is 0.0678 e. The fourth-order valence-electron chi connectivity index (χ4n) is 2.11. The lowest BCUT2D eigenvalue weighted by atomic mass is 10.1. The van der Waals surface area contributed by atoms with E-state index in [0.29, 0.717) is 8.51 Å². The second-order valence-corrected chi connectivity index (χ2v) is 5.49. The van der Waals surface area contributed by atoms with E-state index in [-0.39, 0.29) is 0 Å². The predicted molar refractivity (Wildman–Crippen MR) is 77.2 cm³/mol. The average Bonchev–Trinajstić information content (AvgIpc) is 2.78. The normalized spacial score (nSPS) is 10.9. The fraction of sp³-hybridized carbons (Fsp3) is 0.857. The van der Waals surface area contributed by atoms with Gasteiger partial charge in [-0.05, 0) is 25.7 Å². The molecule has 0 N–H and O–H groups in total. The number of hydrogen-bond donors (Lipinski definition) is 0. The third-order valence-corrected chi connectivity index (χ3v) is 3.98. The van der Waals surface area contributed by atoms with Crippen molar-refractivity contribution in [2.45, 2.75) is 78.1 Å². The largest absolute Gasteiger partial charge is 0.224 e. The molecule has 1 heterocycles. The summed E-state index contributed by atoms with van der Waals surface area (Å²) in [4.78, 5) is 0. The van der Waals surface area contributed by atoms with Crippen LogP contribution in [0, 0.1) is 0 Å². The minimum absolute atomic E-state index is 0.470. The molecule has 0 spiro atoms. The van der Waals surface area contributed by atoms with Crippen LogP contribution in [0.4, 0.5) is 0 Å². The van der Waals surface area contributed by atoms with Gasteiger partial charge in [-0.3, -0.25) is 0 Å². The molecule has 0 amide bonds. The third kappa shape index (κ3) is 6.21.